The van der Waals surface area contributed by atoms with Crippen molar-refractivity contribution >= 4 is 27.6 Å². The van der Waals surface area contributed by atoms with Gasteiger partial charge in [-0.05, 0) is 42.8 Å². The molecule has 1 atom stereocenters. The minimum Gasteiger partial charge on any atom is -0.183 e. The monoisotopic (exact) mass is 261 g/mol. The van der Waals surface area contributed by atoms with Gasteiger partial charge in [-0.25, -0.2) is 0 Å². The Morgan fingerprint density at radius 3 is 2.06 bits per heavy atom. The average Bonchev–Trinajstić information content (AvgIpc) is 2.27. The predicted octanol–water partition coefficient (Wildman–Crippen LogP) is 5.21. The summed E-state index contributed by atoms with van der Waals surface area (Å²) in [4.78, 5) is 0. The van der Waals surface area contributed by atoms with Gasteiger partial charge >= 0.3 is 0 Å². The average molecular weight is 261 g/mol. The minimum absolute atomic E-state index is 0.829. The Morgan fingerprint density at radius 1 is 0.938 bits per heavy atom. The van der Waals surface area contributed by atoms with E-state index in [2.05, 4.69) is 29.7 Å². The SMILES string of the molecule is CCCCCCCS(C)(CCCC)N=C=S. The number of isothiocyanates is 1. The first-order valence-electron chi connectivity index (χ1n) is 6.51. The molecular formula is C13H27NS2. The van der Waals surface area contributed by atoms with E-state index >= 15 is 0 Å². The molecule has 0 spiro atoms. The van der Waals surface area contributed by atoms with Gasteiger partial charge in [0.05, 0.1) is 5.16 Å². The minimum atomic E-state index is -0.829. The third kappa shape index (κ3) is 8.32. The summed E-state index contributed by atoms with van der Waals surface area (Å²) in [5.74, 6) is 2.49. The molecule has 0 saturated carbocycles. The van der Waals surface area contributed by atoms with Gasteiger partial charge in [-0.3, -0.25) is 0 Å². The maximum atomic E-state index is 4.78. The first kappa shape index (κ1) is 16.1. The first-order valence-corrected chi connectivity index (χ1v) is 9.25. The zero-order valence-electron chi connectivity index (χ0n) is 11.1. The van der Waals surface area contributed by atoms with Crippen LogP contribution in [0.15, 0.2) is 4.40 Å². The predicted molar refractivity (Wildman–Crippen MR) is 81.9 cm³/mol. The topological polar surface area (TPSA) is 12.4 Å². The number of unbranched alkanes of at least 4 members (excludes halogenated alkanes) is 5. The highest BCUT2D eigenvalue weighted by atomic mass is 32.3. The molecule has 0 aromatic rings. The Morgan fingerprint density at radius 2 is 1.50 bits per heavy atom. The van der Waals surface area contributed by atoms with E-state index in [0.29, 0.717) is 0 Å². The Bertz CT molecular complexity index is 212. The zero-order chi connectivity index (χ0) is 12.3. The summed E-state index contributed by atoms with van der Waals surface area (Å²) < 4.78 is 4.46. The van der Waals surface area contributed by atoms with Crippen LogP contribution in [0.3, 0.4) is 0 Å². The quantitative estimate of drug-likeness (QED) is 0.299. The van der Waals surface area contributed by atoms with Gasteiger partial charge in [0, 0.05) is 0 Å². The van der Waals surface area contributed by atoms with Crippen LogP contribution in [0.2, 0.25) is 0 Å². The molecular weight excluding hydrogens is 234 g/mol. The second kappa shape index (κ2) is 10.3. The summed E-state index contributed by atoms with van der Waals surface area (Å²) >= 11 is 4.78. The molecule has 0 fully saturated rings. The van der Waals surface area contributed by atoms with Crippen LogP contribution in [0.25, 0.3) is 0 Å². The highest BCUT2D eigenvalue weighted by molar-refractivity contribution is 8.32. The van der Waals surface area contributed by atoms with Crippen LogP contribution < -0.4 is 0 Å². The number of hydrogen-bond acceptors (Lipinski definition) is 2. The molecule has 0 N–H and O–H groups in total. The first-order chi connectivity index (χ1) is 7.68. The lowest BCUT2D eigenvalue weighted by molar-refractivity contribution is 0.658. The third-order valence-electron chi connectivity index (χ3n) is 2.88. The summed E-state index contributed by atoms with van der Waals surface area (Å²) in [6, 6.07) is 0. The second-order valence-corrected chi connectivity index (χ2v) is 8.21. The smallest absolute Gasteiger partial charge is 0.0700 e. The second-order valence-electron chi connectivity index (χ2n) is 4.58. The molecule has 1 nitrogen and oxygen atoms in total. The van der Waals surface area contributed by atoms with Crippen LogP contribution in [0.1, 0.15) is 58.8 Å². The normalized spacial score (nSPS) is 16.2. The fourth-order valence-electron chi connectivity index (χ4n) is 1.76. The Kier molecular flexibility index (Phi) is 10.4. The maximum absolute atomic E-state index is 4.78. The largest absolute Gasteiger partial charge is 0.183 e. The number of rotatable bonds is 10. The lowest BCUT2D eigenvalue weighted by atomic mass is 10.2. The molecule has 0 aliphatic rings. The van der Waals surface area contributed by atoms with Crippen LogP contribution in [0, 0.1) is 0 Å². The van der Waals surface area contributed by atoms with Crippen molar-refractivity contribution in [3.63, 3.8) is 0 Å². The van der Waals surface area contributed by atoms with Crippen molar-refractivity contribution in [2.24, 2.45) is 4.40 Å². The van der Waals surface area contributed by atoms with E-state index < -0.39 is 10.2 Å². The molecule has 0 rings (SSSR count). The molecule has 96 valence electrons. The van der Waals surface area contributed by atoms with E-state index in [4.69, 9.17) is 12.2 Å². The van der Waals surface area contributed by atoms with Gasteiger partial charge in [-0.2, -0.15) is 4.40 Å². The molecule has 0 bridgehead atoms. The highest BCUT2D eigenvalue weighted by Crippen LogP contribution is 2.46. The van der Waals surface area contributed by atoms with E-state index in [1.54, 1.807) is 0 Å². The van der Waals surface area contributed by atoms with Gasteiger partial charge in [0.25, 0.3) is 0 Å². The fraction of sp³-hybridized carbons (Fsp3) is 0.923. The molecule has 0 radical (unpaired) electrons. The van der Waals surface area contributed by atoms with Crippen molar-refractivity contribution in [2.75, 3.05) is 17.8 Å². The zero-order valence-corrected chi connectivity index (χ0v) is 12.8. The van der Waals surface area contributed by atoms with Gasteiger partial charge in [0.1, 0.15) is 0 Å². The Labute approximate surface area is 109 Å². The van der Waals surface area contributed by atoms with Crippen LogP contribution >= 0.6 is 22.4 Å². The van der Waals surface area contributed by atoms with Crippen molar-refractivity contribution in [3.8, 4) is 0 Å². The van der Waals surface area contributed by atoms with E-state index in [1.165, 1.54) is 56.5 Å². The fourth-order valence-corrected chi connectivity index (χ4v) is 4.60. The number of nitrogens with zero attached hydrogens (tertiary/aromatic N) is 1. The Balaban J connectivity index is 3.87. The summed E-state index contributed by atoms with van der Waals surface area (Å²) in [6.07, 6.45) is 11.6. The lowest BCUT2D eigenvalue weighted by Crippen LogP contribution is -2.05. The van der Waals surface area contributed by atoms with Crippen molar-refractivity contribution in [1.29, 1.82) is 0 Å². The molecule has 0 aromatic heterocycles. The van der Waals surface area contributed by atoms with Crippen molar-refractivity contribution in [3.05, 3.63) is 0 Å². The summed E-state index contributed by atoms with van der Waals surface area (Å²) in [5.41, 5.74) is 0. The molecule has 1 unspecified atom stereocenters. The van der Waals surface area contributed by atoms with Crippen molar-refractivity contribution in [2.45, 2.75) is 58.8 Å². The molecule has 16 heavy (non-hydrogen) atoms. The Hall–Kier alpha value is 0.150. The van der Waals surface area contributed by atoms with Crippen molar-refractivity contribution < 1.29 is 0 Å². The van der Waals surface area contributed by atoms with Crippen LogP contribution in [-0.4, -0.2) is 22.9 Å². The van der Waals surface area contributed by atoms with E-state index in [0.717, 1.165) is 0 Å². The third-order valence-corrected chi connectivity index (χ3v) is 5.96. The van der Waals surface area contributed by atoms with Crippen LogP contribution in [-0.2, 0) is 0 Å². The molecule has 3 heteroatoms. The molecule has 0 aliphatic carbocycles. The number of hydrogen-bond donors (Lipinski definition) is 0. The van der Waals surface area contributed by atoms with E-state index in [-0.39, 0.29) is 0 Å². The van der Waals surface area contributed by atoms with E-state index in [1.807, 2.05) is 0 Å². The highest BCUT2D eigenvalue weighted by Gasteiger charge is 2.15. The standard InChI is InChI=1S/C13H27NS2/c1-4-6-8-9-10-12-16(3,14-13-15)11-7-5-2/h4-12H2,1-3H3. The molecule has 0 saturated heterocycles. The van der Waals surface area contributed by atoms with Gasteiger partial charge in [-0.1, -0.05) is 46.0 Å². The molecule has 0 amide bonds. The van der Waals surface area contributed by atoms with Crippen LogP contribution in [0.4, 0.5) is 0 Å². The van der Waals surface area contributed by atoms with E-state index in [9.17, 15) is 0 Å². The molecule has 0 aliphatic heterocycles. The van der Waals surface area contributed by atoms with Crippen molar-refractivity contribution in [1.82, 2.24) is 0 Å². The molecule has 0 aromatic carbocycles. The van der Waals surface area contributed by atoms with Gasteiger partial charge < -0.3 is 0 Å². The summed E-state index contributed by atoms with van der Waals surface area (Å²) in [5, 5.41) is 2.61. The molecule has 0 heterocycles. The van der Waals surface area contributed by atoms with Crippen LogP contribution in [0.5, 0.6) is 0 Å². The number of thiocarbonyl (C=S) groups is 1. The van der Waals surface area contributed by atoms with Gasteiger partial charge in [-0.15, -0.1) is 10.2 Å². The van der Waals surface area contributed by atoms with Gasteiger partial charge in [0.2, 0.25) is 0 Å². The maximum Gasteiger partial charge on any atom is 0.0700 e. The van der Waals surface area contributed by atoms with Gasteiger partial charge in [0.15, 0.2) is 0 Å². The lowest BCUT2D eigenvalue weighted by Gasteiger charge is -2.29. The summed E-state index contributed by atoms with van der Waals surface area (Å²) in [6.45, 7) is 4.50. The summed E-state index contributed by atoms with van der Waals surface area (Å²) in [7, 11) is -0.829.